The van der Waals surface area contributed by atoms with E-state index < -0.39 is 29.7 Å². The maximum absolute atomic E-state index is 13.5. The third-order valence-corrected chi connectivity index (χ3v) is 5.42. The molecular weight excluding hydrogens is 414 g/mol. The topological polar surface area (TPSA) is 102 Å². The minimum absolute atomic E-state index is 0.167. The molecule has 0 radical (unpaired) electrons. The van der Waals surface area contributed by atoms with Gasteiger partial charge >= 0.3 is 5.97 Å². The summed E-state index contributed by atoms with van der Waals surface area (Å²) < 4.78 is 15.0. The number of carbonyl (C=O) groups is 3. The standard InChI is InChI=1S/C24H25NO7/c1-5-25-21(15-6-10-17(30-2)11-7-15)20(23(28)24(25,29)14-19(26)32-4)22(27)16-8-12-18(31-3)13-9-16/h6-13,29H,5,14H2,1-4H3/t24-/m0/s1. The maximum Gasteiger partial charge on any atom is 0.310 e. The van der Waals surface area contributed by atoms with Crippen LogP contribution >= 0.6 is 0 Å². The van der Waals surface area contributed by atoms with Crippen LogP contribution in [0.2, 0.25) is 0 Å². The van der Waals surface area contributed by atoms with E-state index in [-0.39, 0.29) is 23.4 Å². The fourth-order valence-corrected chi connectivity index (χ4v) is 3.77. The number of ketones is 2. The number of hydrogen-bond donors (Lipinski definition) is 1. The summed E-state index contributed by atoms with van der Waals surface area (Å²) >= 11 is 0. The maximum atomic E-state index is 13.5. The average molecular weight is 439 g/mol. The van der Waals surface area contributed by atoms with Crippen LogP contribution in [0.1, 0.15) is 29.3 Å². The van der Waals surface area contributed by atoms with Crippen LogP contribution in [0.15, 0.2) is 54.1 Å². The van der Waals surface area contributed by atoms with Crippen LogP contribution in [0.3, 0.4) is 0 Å². The first-order valence-corrected chi connectivity index (χ1v) is 9.99. The van der Waals surface area contributed by atoms with E-state index in [1.165, 1.54) is 26.2 Å². The van der Waals surface area contributed by atoms with Gasteiger partial charge in [-0.1, -0.05) is 0 Å². The lowest BCUT2D eigenvalue weighted by Gasteiger charge is -2.34. The lowest BCUT2D eigenvalue weighted by molar-refractivity contribution is -0.161. The Morgan fingerprint density at radius 1 is 0.938 bits per heavy atom. The third kappa shape index (κ3) is 3.97. The van der Waals surface area contributed by atoms with Crippen LogP contribution in [-0.4, -0.2) is 61.1 Å². The Balaban J connectivity index is 2.19. The van der Waals surface area contributed by atoms with Gasteiger partial charge in [0.05, 0.1) is 32.6 Å². The number of carbonyl (C=O) groups excluding carboxylic acids is 3. The van der Waals surface area contributed by atoms with Gasteiger partial charge in [-0.25, -0.2) is 0 Å². The molecule has 0 saturated heterocycles. The molecule has 1 aliphatic rings. The van der Waals surface area contributed by atoms with Crippen molar-refractivity contribution >= 4 is 23.2 Å². The Labute approximate surface area is 186 Å². The molecule has 0 amide bonds. The highest BCUT2D eigenvalue weighted by Crippen LogP contribution is 2.42. The van der Waals surface area contributed by atoms with E-state index in [4.69, 9.17) is 9.47 Å². The number of hydrogen-bond acceptors (Lipinski definition) is 8. The predicted molar refractivity (Wildman–Crippen MR) is 116 cm³/mol. The largest absolute Gasteiger partial charge is 0.497 e. The molecule has 0 bridgehead atoms. The Bertz CT molecular complexity index is 1060. The Kier molecular flexibility index (Phi) is 6.64. The molecule has 0 unspecified atom stereocenters. The van der Waals surface area contributed by atoms with Crippen molar-refractivity contribution in [2.75, 3.05) is 27.9 Å². The number of likely N-dealkylation sites (N-methyl/N-ethyl adjacent to an activating group) is 1. The van der Waals surface area contributed by atoms with E-state index in [0.717, 1.165) is 0 Å². The zero-order valence-corrected chi connectivity index (χ0v) is 18.4. The molecule has 8 nitrogen and oxygen atoms in total. The molecule has 0 saturated carbocycles. The van der Waals surface area contributed by atoms with E-state index in [2.05, 4.69) is 4.74 Å². The molecule has 8 heteroatoms. The molecule has 0 fully saturated rings. The van der Waals surface area contributed by atoms with Crippen LogP contribution in [0, 0.1) is 0 Å². The summed E-state index contributed by atoms with van der Waals surface area (Å²) in [6, 6.07) is 13.1. The SMILES string of the molecule is CCN1C(c2ccc(OC)cc2)=C(C(=O)c2ccc(OC)cc2)C(=O)[C@@]1(O)CC(=O)OC. The molecule has 0 aromatic heterocycles. The first-order chi connectivity index (χ1) is 15.3. The zero-order valence-electron chi connectivity index (χ0n) is 18.4. The van der Waals surface area contributed by atoms with Crippen molar-refractivity contribution < 1.29 is 33.7 Å². The first kappa shape index (κ1) is 23.0. The molecule has 2 aromatic rings. The number of esters is 1. The minimum atomic E-state index is -2.24. The van der Waals surface area contributed by atoms with Gasteiger partial charge in [0.1, 0.15) is 17.9 Å². The van der Waals surface area contributed by atoms with Gasteiger partial charge in [0.2, 0.25) is 11.5 Å². The molecule has 1 N–H and O–H groups in total. The zero-order chi connectivity index (χ0) is 23.5. The number of Topliss-reactive ketones (excluding diaryl/α,β-unsaturated/α-hetero) is 2. The van der Waals surface area contributed by atoms with E-state index in [1.807, 2.05) is 0 Å². The van der Waals surface area contributed by atoms with Crippen LogP contribution in [0.25, 0.3) is 5.70 Å². The lowest BCUT2D eigenvalue weighted by Crippen LogP contribution is -2.51. The minimum Gasteiger partial charge on any atom is -0.497 e. The number of aliphatic hydroxyl groups is 1. The molecule has 1 atom stereocenters. The molecule has 0 spiro atoms. The molecule has 3 rings (SSSR count). The summed E-state index contributed by atoms with van der Waals surface area (Å²) in [6.45, 7) is 1.89. The van der Waals surface area contributed by atoms with Crippen LogP contribution in [0.5, 0.6) is 11.5 Å². The highest BCUT2D eigenvalue weighted by atomic mass is 16.5. The number of methoxy groups -OCH3 is 3. The van der Waals surface area contributed by atoms with Gasteiger partial charge in [-0.2, -0.15) is 0 Å². The van der Waals surface area contributed by atoms with Crippen molar-refractivity contribution in [3.63, 3.8) is 0 Å². The number of rotatable bonds is 8. The van der Waals surface area contributed by atoms with Crippen molar-refractivity contribution in [2.45, 2.75) is 19.1 Å². The fourth-order valence-electron chi connectivity index (χ4n) is 3.77. The molecule has 1 heterocycles. The van der Waals surface area contributed by atoms with Gasteiger partial charge in [-0.05, 0) is 61.0 Å². The molecular formula is C24H25NO7. The second-order valence-corrected chi connectivity index (χ2v) is 7.15. The summed E-state index contributed by atoms with van der Waals surface area (Å²) in [5.41, 5.74) is -1.42. The summed E-state index contributed by atoms with van der Waals surface area (Å²) in [7, 11) is 4.20. The normalized spacial score (nSPS) is 18.0. The monoisotopic (exact) mass is 439 g/mol. The number of nitrogens with zero attached hydrogens (tertiary/aromatic N) is 1. The van der Waals surface area contributed by atoms with Crippen molar-refractivity contribution in [3.8, 4) is 11.5 Å². The smallest absolute Gasteiger partial charge is 0.310 e. The van der Waals surface area contributed by atoms with Gasteiger partial charge in [0.25, 0.3) is 0 Å². The summed E-state index contributed by atoms with van der Waals surface area (Å²) in [6.07, 6.45) is -0.616. The van der Waals surface area contributed by atoms with Gasteiger partial charge < -0.3 is 24.2 Å². The molecule has 2 aromatic carbocycles. The van der Waals surface area contributed by atoms with Crippen molar-refractivity contribution in [1.29, 1.82) is 0 Å². The van der Waals surface area contributed by atoms with Gasteiger partial charge in [0, 0.05) is 12.1 Å². The highest BCUT2D eigenvalue weighted by molar-refractivity contribution is 6.34. The Morgan fingerprint density at radius 3 is 1.94 bits per heavy atom. The second kappa shape index (κ2) is 9.23. The molecule has 0 aliphatic carbocycles. The highest BCUT2D eigenvalue weighted by Gasteiger charge is 2.54. The van der Waals surface area contributed by atoms with Crippen LogP contribution in [0.4, 0.5) is 0 Å². The second-order valence-electron chi connectivity index (χ2n) is 7.15. The predicted octanol–water partition coefficient (Wildman–Crippen LogP) is 2.45. The van der Waals surface area contributed by atoms with E-state index in [0.29, 0.717) is 17.1 Å². The van der Waals surface area contributed by atoms with Crippen molar-refractivity contribution in [2.24, 2.45) is 0 Å². The number of benzene rings is 2. The third-order valence-electron chi connectivity index (χ3n) is 5.42. The van der Waals surface area contributed by atoms with Gasteiger partial charge in [0.15, 0.2) is 5.78 Å². The molecule has 32 heavy (non-hydrogen) atoms. The van der Waals surface area contributed by atoms with E-state index in [9.17, 15) is 19.5 Å². The molecule has 168 valence electrons. The van der Waals surface area contributed by atoms with Crippen molar-refractivity contribution in [3.05, 3.63) is 65.2 Å². The van der Waals surface area contributed by atoms with Gasteiger partial charge in [-0.15, -0.1) is 0 Å². The number of ether oxygens (including phenoxy) is 3. The Morgan fingerprint density at radius 2 is 1.47 bits per heavy atom. The fraction of sp³-hybridized carbons (Fsp3) is 0.292. The summed E-state index contributed by atoms with van der Waals surface area (Å²) in [5.74, 6) is -1.04. The van der Waals surface area contributed by atoms with E-state index >= 15 is 0 Å². The van der Waals surface area contributed by atoms with Crippen LogP contribution < -0.4 is 9.47 Å². The lowest BCUT2D eigenvalue weighted by atomic mass is 9.94. The quantitative estimate of drug-likeness (QED) is 0.380. The average Bonchev–Trinajstić information content (AvgIpc) is 3.04. The van der Waals surface area contributed by atoms with Crippen LogP contribution in [-0.2, 0) is 14.3 Å². The van der Waals surface area contributed by atoms with E-state index in [1.54, 1.807) is 55.5 Å². The summed E-state index contributed by atoms with van der Waals surface area (Å²) in [4.78, 5) is 40.3. The Hall–Kier alpha value is -3.65. The first-order valence-electron chi connectivity index (χ1n) is 9.99. The van der Waals surface area contributed by atoms with Crippen molar-refractivity contribution in [1.82, 2.24) is 4.90 Å². The molecule has 1 aliphatic heterocycles. The van der Waals surface area contributed by atoms with Gasteiger partial charge in [-0.3, -0.25) is 14.4 Å². The summed E-state index contributed by atoms with van der Waals surface area (Å²) in [5, 5.41) is 11.3.